The zero-order valence-electron chi connectivity index (χ0n) is 16.2. The maximum atomic E-state index is 13.1. The van der Waals surface area contributed by atoms with E-state index in [4.69, 9.17) is 0 Å². The van der Waals surface area contributed by atoms with Crippen LogP contribution in [0.2, 0.25) is 0 Å². The number of anilines is 1. The van der Waals surface area contributed by atoms with Crippen molar-refractivity contribution in [1.82, 2.24) is 15.1 Å². The Labute approximate surface area is 176 Å². The van der Waals surface area contributed by atoms with Crippen molar-refractivity contribution in [2.24, 2.45) is 0 Å². The molecule has 0 unspecified atom stereocenters. The molecule has 12 heteroatoms. The molecule has 3 aromatic rings. The van der Waals surface area contributed by atoms with E-state index in [1.165, 1.54) is 31.2 Å². The minimum atomic E-state index is -4.65. The third-order valence-corrected chi connectivity index (χ3v) is 4.17. The van der Waals surface area contributed by atoms with Gasteiger partial charge in [-0.1, -0.05) is 6.07 Å². The van der Waals surface area contributed by atoms with Crippen LogP contribution in [0.25, 0.3) is 5.69 Å². The number of urea groups is 1. The summed E-state index contributed by atoms with van der Waals surface area (Å²) in [6.07, 6.45) is -9.28. The van der Waals surface area contributed by atoms with Crippen molar-refractivity contribution in [3.63, 3.8) is 0 Å². The maximum absolute atomic E-state index is 13.1. The fourth-order valence-corrected chi connectivity index (χ4v) is 2.76. The van der Waals surface area contributed by atoms with Crippen LogP contribution in [0.3, 0.4) is 0 Å². The van der Waals surface area contributed by atoms with E-state index in [2.05, 4.69) is 10.4 Å². The van der Waals surface area contributed by atoms with Gasteiger partial charge in [0.25, 0.3) is 5.91 Å². The van der Waals surface area contributed by atoms with Gasteiger partial charge in [0.05, 0.1) is 16.9 Å². The third kappa shape index (κ3) is 5.25. The number of carbonyl (C=O) groups is 2. The summed E-state index contributed by atoms with van der Waals surface area (Å²) in [5.41, 5.74) is -2.03. The number of benzene rings is 2. The molecule has 0 atom stereocenters. The molecule has 168 valence electrons. The molecule has 0 aliphatic rings. The molecular weight excluding hydrogens is 442 g/mol. The summed E-state index contributed by atoms with van der Waals surface area (Å²) in [6.45, 7) is 1.41. The molecule has 0 fully saturated rings. The van der Waals surface area contributed by atoms with Gasteiger partial charge in [-0.25, -0.2) is 9.48 Å². The predicted octanol–water partition coefficient (Wildman–Crippen LogP) is 5.18. The average Bonchev–Trinajstić information content (AvgIpc) is 3.10. The Morgan fingerprint density at radius 1 is 0.906 bits per heavy atom. The lowest BCUT2D eigenvalue weighted by molar-refractivity contribution is -0.142. The number of rotatable bonds is 3. The second-order valence-corrected chi connectivity index (χ2v) is 6.61. The Hall–Kier alpha value is -3.83. The Morgan fingerprint density at radius 3 is 2.16 bits per heavy atom. The van der Waals surface area contributed by atoms with Gasteiger partial charge < -0.3 is 5.32 Å². The van der Waals surface area contributed by atoms with E-state index in [9.17, 15) is 35.9 Å². The molecule has 2 N–H and O–H groups in total. The van der Waals surface area contributed by atoms with Crippen LogP contribution in [0.5, 0.6) is 0 Å². The normalized spacial score (nSPS) is 11.8. The van der Waals surface area contributed by atoms with Crippen LogP contribution in [-0.2, 0) is 12.4 Å². The summed E-state index contributed by atoms with van der Waals surface area (Å²) in [6, 6.07) is 8.47. The molecule has 32 heavy (non-hydrogen) atoms. The van der Waals surface area contributed by atoms with Gasteiger partial charge in [0.2, 0.25) is 0 Å². The highest BCUT2D eigenvalue weighted by Crippen LogP contribution is 2.32. The lowest BCUT2D eigenvalue weighted by atomic mass is 10.1. The van der Waals surface area contributed by atoms with E-state index < -0.39 is 35.5 Å². The number of hydrogen-bond donors (Lipinski definition) is 2. The number of amides is 3. The minimum absolute atomic E-state index is 0.0800. The number of alkyl halides is 6. The van der Waals surface area contributed by atoms with Crippen LogP contribution in [-0.4, -0.2) is 21.7 Å². The first-order valence-electron chi connectivity index (χ1n) is 8.88. The topological polar surface area (TPSA) is 76.0 Å². The van der Waals surface area contributed by atoms with E-state index in [0.29, 0.717) is 10.7 Å². The van der Waals surface area contributed by atoms with Crippen molar-refractivity contribution >= 4 is 17.6 Å². The van der Waals surface area contributed by atoms with E-state index >= 15 is 0 Å². The number of nitrogens with zero attached hydrogens (tertiary/aromatic N) is 2. The first-order valence-corrected chi connectivity index (χ1v) is 8.88. The Bertz CT molecular complexity index is 1150. The molecule has 0 bridgehead atoms. The van der Waals surface area contributed by atoms with E-state index in [-0.39, 0.29) is 22.6 Å². The van der Waals surface area contributed by atoms with E-state index in [1.807, 2.05) is 5.32 Å². The number of nitrogens with one attached hydrogen (secondary N) is 2. The summed E-state index contributed by atoms with van der Waals surface area (Å²) in [5.74, 6) is -1.06. The SMILES string of the molecule is Cc1cc(C(F)(F)F)n(-c2ccc(NC(=O)NC(=O)c3cccc(C(F)(F)F)c3)cc2)n1. The molecule has 0 saturated carbocycles. The van der Waals surface area contributed by atoms with Crippen LogP contribution in [0, 0.1) is 6.92 Å². The second-order valence-electron chi connectivity index (χ2n) is 6.61. The molecule has 3 rings (SSSR count). The first-order chi connectivity index (χ1) is 14.8. The van der Waals surface area contributed by atoms with Crippen molar-refractivity contribution in [3.05, 3.63) is 77.1 Å². The Balaban J connectivity index is 1.69. The second kappa shape index (κ2) is 8.36. The van der Waals surface area contributed by atoms with Gasteiger partial charge in [0.1, 0.15) is 5.69 Å². The number of halogens is 6. The lowest BCUT2D eigenvalue weighted by Gasteiger charge is -2.12. The average molecular weight is 456 g/mol. The molecule has 0 radical (unpaired) electrons. The zero-order valence-corrected chi connectivity index (χ0v) is 16.2. The molecule has 3 amide bonds. The van der Waals surface area contributed by atoms with E-state index in [1.54, 1.807) is 0 Å². The summed E-state index contributed by atoms with van der Waals surface area (Å²) in [5, 5.41) is 7.96. The lowest BCUT2D eigenvalue weighted by Crippen LogP contribution is -2.34. The molecule has 2 aromatic carbocycles. The molecular formula is C20H14F6N4O2. The van der Waals surface area contributed by atoms with Crippen molar-refractivity contribution in [3.8, 4) is 5.69 Å². The molecule has 0 aliphatic carbocycles. The van der Waals surface area contributed by atoms with E-state index in [0.717, 1.165) is 24.3 Å². The van der Waals surface area contributed by atoms with Crippen molar-refractivity contribution < 1.29 is 35.9 Å². The highest BCUT2D eigenvalue weighted by atomic mass is 19.4. The highest BCUT2D eigenvalue weighted by molar-refractivity contribution is 6.08. The van der Waals surface area contributed by atoms with Gasteiger partial charge in [-0.2, -0.15) is 31.4 Å². The molecule has 6 nitrogen and oxygen atoms in total. The van der Waals surface area contributed by atoms with Crippen molar-refractivity contribution in [1.29, 1.82) is 0 Å². The molecule has 1 aromatic heterocycles. The predicted molar refractivity (Wildman–Crippen MR) is 101 cm³/mol. The highest BCUT2D eigenvalue weighted by Gasteiger charge is 2.36. The largest absolute Gasteiger partial charge is 0.433 e. The number of carbonyl (C=O) groups excluding carboxylic acids is 2. The summed E-state index contributed by atoms with van der Waals surface area (Å²) in [4.78, 5) is 24.0. The van der Waals surface area contributed by atoms with Crippen molar-refractivity contribution in [2.75, 3.05) is 5.32 Å². The van der Waals surface area contributed by atoms with Crippen LogP contribution in [0.1, 0.15) is 27.3 Å². The summed E-state index contributed by atoms with van der Waals surface area (Å²) < 4.78 is 78.3. The number of imide groups is 1. The van der Waals surface area contributed by atoms with Gasteiger partial charge in [-0.05, 0) is 55.5 Å². The minimum Gasteiger partial charge on any atom is -0.308 e. The van der Waals surface area contributed by atoms with Crippen LogP contribution >= 0.6 is 0 Å². The monoisotopic (exact) mass is 456 g/mol. The quantitative estimate of drug-likeness (QED) is 0.534. The first kappa shape index (κ1) is 22.8. The van der Waals surface area contributed by atoms with Gasteiger partial charge in [-0.15, -0.1) is 0 Å². The molecule has 1 heterocycles. The number of aryl methyl sites for hydroxylation is 1. The Morgan fingerprint density at radius 2 is 1.56 bits per heavy atom. The standard InChI is InChI=1S/C20H14F6N4O2/c1-11-9-16(20(24,25)26)30(29-11)15-7-5-14(6-8-15)27-18(32)28-17(31)12-3-2-4-13(10-12)19(21,22)23/h2-10H,1H3,(H2,27,28,31,32). The number of aromatic nitrogens is 2. The summed E-state index contributed by atoms with van der Waals surface area (Å²) in [7, 11) is 0. The van der Waals surface area contributed by atoms with Crippen molar-refractivity contribution in [2.45, 2.75) is 19.3 Å². The fourth-order valence-electron chi connectivity index (χ4n) is 2.76. The molecule has 0 aliphatic heterocycles. The Kier molecular flexibility index (Phi) is 5.97. The fraction of sp³-hybridized carbons (Fsp3) is 0.150. The van der Waals surface area contributed by atoms with Crippen LogP contribution in [0.4, 0.5) is 36.8 Å². The van der Waals surface area contributed by atoms with Gasteiger partial charge in [-0.3, -0.25) is 10.1 Å². The zero-order chi connectivity index (χ0) is 23.7. The van der Waals surface area contributed by atoms with Crippen LogP contribution in [0.15, 0.2) is 54.6 Å². The third-order valence-electron chi connectivity index (χ3n) is 4.17. The van der Waals surface area contributed by atoms with Crippen LogP contribution < -0.4 is 10.6 Å². The van der Waals surface area contributed by atoms with Gasteiger partial charge in [0, 0.05) is 11.3 Å². The smallest absolute Gasteiger partial charge is 0.308 e. The molecule has 0 saturated heterocycles. The summed E-state index contributed by atoms with van der Waals surface area (Å²) >= 11 is 0. The van der Waals surface area contributed by atoms with Gasteiger partial charge >= 0.3 is 18.4 Å². The van der Waals surface area contributed by atoms with Gasteiger partial charge in [0.15, 0.2) is 0 Å². The molecule has 0 spiro atoms. The number of hydrogen-bond acceptors (Lipinski definition) is 3. The maximum Gasteiger partial charge on any atom is 0.433 e.